The van der Waals surface area contributed by atoms with Gasteiger partial charge in [0.15, 0.2) is 5.16 Å². The van der Waals surface area contributed by atoms with Crippen LogP contribution in [0.1, 0.15) is 0 Å². The number of hydrogen-bond donors (Lipinski definition) is 2. The molecular weight excluding hydrogens is 338 g/mol. The van der Waals surface area contributed by atoms with Gasteiger partial charge in [-0.2, -0.15) is 13.9 Å². The number of aromatic nitrogens is 3. The highest BCUT2D eigenvalue weighted by atomic mass is 32.2. The van der Waals surface area contributed by atoms with Crippen molar-refractivity contribution in [3.8, 4) is 0 Å². The normalized spacial score (nSPS) is 11.6. The lowest BCUT2D eigenvalue weighted by molar-refractivity contribution is -0.113. The van der Waals surface area contributed by atoms with Crippen LogP contribution < -0.4 is 5.32 Å². The molecule has 118 valence electrons. The average Bonchev–Trinajstić information content (AvgIpc) is 2.99. The van der Waals surface area contributed by atoms with Crippen LogP contribution in [-0.2, 0) is 14.6 Å². The lowest BCUT2D eigenvalue weighted by Gasteiger charge is -2.06. The summed E-state index contributed by atoms with van der Waals surface area (Å²) in [6.07, 6.45) is 1.31. The van der Waals surface area contributed by atoms with E-state index in [1.165, 1.54) is 18.5 Å². The number of amides is 1. The summed E-state index contributed by atoms with van der Waals surface area (Å²) in [4.78, 5) is 15.0. The first-order chi connectivity index (χ1) is 10.4. The molecule has 0 saturated heterocycles. The van der Waals surface area contributed by atoms with Crippen molar-refractivity contribution in [1.82, 2.24) is 15.2 Å². The quantitative estimate of drug-likeness (QED) is 0.767. The van der Waals surface area contributed by atoms with E-state index >= 15 is 0 Å². The number of alkyl halides is 2. The minimum Gasteiger partial charge on any atom is -0.325 e. The van der Waals surface area contributed by atoms with Crippen LogP contribution in [-0.4, -0.2) is 41.0 Å². The van der Waals surface area contributed by atoms with Crippen LogP contribution in [0.2, 0.25) is 0 Å². The second-order valence-electron chi connectivity index (χ2n) is 3.96. The Kier molecular flexibility index (Phi) is 5.08. The molecular formula is C11H10F2N4O3S2. The monoisotopic (exact) mass is 348 g/mol. The molecule has 0 aliphatic heterocycles. The summed E-state index contributed by atoms with van der Waals surface area (Å²) in [6.45, 7) is 0. The second kappa shape index (κ2) is 6.83. The van der Waals surface area contributed by atoms with Gasteiger partial charge in [0.1, 0.15) is 6.33 Å². The van der Waals surface area contributed by atoms with Gasteiger partial charge in [-0.25, -0.2) is 13.4 Å². The second-order valence-corrected chi connectivity index (χ2v) is 6.84. The van der Waals surface area contributed by atoms with E-state index in [2.05, 4.69) is 20.5 Å². The molecule has 2 aromatic rings. The van der Waals surface area contributed by atoms with E-state index in [9.17, 15) is 22.0 Å². The average molecular weight is 348 g/mol. The Balaban J connectivity index is 1.95. The number of carbonyl (C=O) groups is 1. The van der Waals surface area contributed by atoms with Gasteiger partial charge in [0.25, 0.3) is 0 Å². The predicted octanol–water partition coefficient (Wildman–Crippen LogP) is 1.53. The summed E-state index contributed by atoms with van der Waals surface area (Å²) in [5.74, 6) is -3.77. The standard InChI is InChI=1S/C11H10F2N4O3S2/c12-10(13)22(19,20)8-3-1-7(2-4-8)16-9(18)5-21-11-14-6-15-17-11/h1-4,6,10H,5H2,(H,16,18)(H,14,15,17). The molecule has 0 radical (unpaired) electrons. The molecule has 0 unspecified atom stereocenters. The first kappa shape index (κ1) is 16.4. The number of carbonyl (C=O) groups excluding carboxylic acids is 1. The molecule has 22 heavy (non-hydrogen) atoms. The zero-order chi connectivity index (χ0) is 16.2. The van der Waals surface area contributed by atoms with Crippen LogP contribution in [0.3, 0.4) is 0 Å². The molecule has 1 aromatic heterocycles. The fourth-order valence-electron chi connectivity index (χ4n) is 1.43. The Hall–Kier alpha value is -2.01. The fourth-order valence-corrected chi connectivity index (χ4v) is 2.73. The Bertz CT molecular complexity index is 733. The van der Waals surface area contributed by atoms with Crippen LogP contribution in [0.25, 0.3) is 0 Å². The Morgan fingerprint density at radius 1 is 1.32 bits per heavy atom. The summed E-state index contributed by atoms with van der Waals surface area (Å²) in [6, 6.07) is 4.51. The molecule has 0 fully saturated rings. The van der Waals surface area contributed by atoms with Crippen molar-refractivity contribution in [2.24, 2.45) is 0 Å². The molecule has 0 spiro atoms. The Morgan fingerprint density at radius 3 is 2.55 bits per heavy atom. The number of rotatable bonds is 6. The summed E-state index contributed by atoms with van der Waals surface area (Å²) >= 11 is 1.13. The Labute approximate surface area is 128 Å². The highest BCUT2D eigenvalue weighted by molar-refractivity contribution is 7.99. The van der Waals surface area contributed by atoms with E-state index < -0.39 is 20.5 Å². The minimum absolute atomic E-state index is 0.0618. The fraction of sp³-hybridized carbons (Fsp3) is 0.182. The SMILES string of the molecule is O=C(CSc1ncn[nH]1)Nc1ccc(S(=O)(=O)C(F)F)cc1. The van der Waals surface area contributed by atoms with Gasteiger partial charge in [0.2, 0.25) is 15.7 Å². The molecule has 7 nitrogen and oxygen atoms in total. The van der Waals surface area contributed by atoms with Crippen LogP contribution >= 0.6 is 11.8 Å². The first-order valence-electron chi connectivity index (χ1n) is 5.80. The highest BCUT2D eigenvalue weighted by Gasteiger charge is 2.26. The molecule has 0 saturated carbocycles. The summed E-state index contributed by atoms with van der Waals surface area (Å²) in [5, 5.41) is 9.19. The summed E-state index contributed by atoms with van der Waals surface area (Å²) in [7, 11) is -4.63. The molecule has 2 rings (SSSR count). The molecule has 0 atom stereocenters. The van der Waals surface area contributed by atoms with Crippen molar-refractivity contribution in [1.29, 1.82) is 0 Å². The van der Waals surface area contributed by atoms with Gasteiger partial charge in [-0.1, -0.05) is 11.8 Å². The van der Waals surface area contributed by atoms with E-state index in [1.807, 2.05) is 0 Å². The van der Waals surface area contributed by atoms with Crippen molar-refractivity contribution in [3.05, 3.63) is 30.6 Å². The van der Waals surface area contributed by atoms with Crippen molar-refractivity contribution in [3.63, 3.8) is 0 Å². The maximum Gasteiger partial charge on any atom is 0.341 e. The maximum absolute atomic E-state index is 12.4. The van der Waals surface area contributed by atoms with Crippen LogP contribution in [0.15, 0.2) is 40.6 Å². The van der Waals surface area contributed by atoms with Gasteiger partial charge in [-0.05, 0) is 24.3 Å². The third kappa shape index (κ3) is 4.01. The van der Waals surface area contributed by atoms with E-state index in [-0.39, 0.29) is 11.7 Å². The van der Waals surface area contributed by atoms with Crippen molar-refractivity contribution >= 4 is 33.2 Å². The van der Waals surface area contributed by atoms with Crippen molar-refractivity contribution in [2.45, 2.75) is 15.8 Å². The molecule has 1 heterocycles. The molecule has 11 heteroatoms. The first-order valence-corrected chi connectivity index (χ1v) is 8.33. The van der Waals surface area contributed by atoms with E-state index in [0.717, 1.165) is 23.9 Å². The lowest BCUT2D eigenvalue weighted by Crippen LogP contribution is -2.15. The largest absolute Gasteiger partial charge is 0.341 e. The third-order valence-electron chi connectivity index (χ3n) is 2.43. The number of anilines is 1. The number of nitrogens with one attached hydrogen (secondary N) is 2. The minimum atomic E-state index is -4.63. The van der Waals surface area contributed by atoms with Crippen LogP contribution in [0, 0.1) is 0 Å². The highest BCUT2D eigenvalue weighted by Crippen LogP contribution is 2.20. The number of benzene rings is 1. The number of H-pyrrole nitrogens is 1. The number of aromatic amines is 1. The molecule has 0 aliphatic carbocycles. The predicted molar refractivity (Wildman–Crippen MR) is 75.4 cm³/mol. The number of thioether (sulfide) groups is 1. The number of sulfone groups is 1. The van der Waals surface area contributed by atoms with Crippen molar-refractivity contribution < 1.29 is 22.0 Å². The van der Waals surface area contributed by atoms with E-state index in [0.29, 0.717) is 10.8 Å². The van der Waals surface area contributed by atoms with Crippen LogP contribution in [0.4, 0.5) is 14.5 Å². The van der Waals surface area contributed by atoms with Crippen molar-refractivity contribution in [2.75, 3.05) is 11.1 Å². The Morgan fingerprint density at radius 2 is 2.00 bits per heavy atom. The third-order valence-corrected chi connectivity index (χ3v) is 4.71. The zero-order valence-corrected chi connectivity index (χ0v) is 12.5. The van der Waals surface area contributed by atoms with Gasteiger partial charge in [-0.15, -0.1) is 0 Å². The molecule has 2 N–H and O–H groups in total. The van der Waals surface area contributed by atoms with Gasteiger partial charge in [0.05, 0.1) is 10.6 Å². The lowest BCUT2D eigenvalue weighted by atomic mass is 10.3. The maximum atomic E-state index is 12.4. The van der Waals surface area contributed by atoms with Gasteiger partial charge >= 0.3 is 5.76 Å². The number of halogens is 2. The van der Waals surface area contributed by atoms with Gasteiger partial charge < -0.3 is 5.32 Å². The smallest absolute Gasteiger partial charge is 0.325 e. The van der Waals surface area contributed by atoms with Crippen LogP contribution in [0.5, 0.6) is 0 Å². The molecule has 0 bridgehead atoms. The van der Waals surface area contributed by atoms with Gasteiger partial charge in [-0.3, -0.25) is 9.89 Å². The molecule has 0 aliphatic rings. The topological polar surface area (TPSA) is 105 Å². The molecule has 1 aromatic carbocycles. The molecule has 1 amide bonds. The van der Waals surface area contributed by atoms with E-state index in [1.54, 1.807) is 0 Å². The van der Waals surface area contributed by atoms with E-state index in [4.69, 9.17) is 0 Å². The summed E-state index contributed by atoms with van der Waals surface area (Å²) < 4.78 is 47.2. The zero-order valence-electron chi connectivity index (χ0n) is 10.9. The number of hydrogen-bond acceptors (Lipinski definition) is 6. The summed E-state index contributed by atoms with van der Waals surface area (Å²) in [5.41, 5.74) is 0.302. The van der Waals surface area contributed by atoms with Gasteiger partial charge in [0, 0.05) is 5.69 Å². The number of nitrogens with zero attached hydrogens (tertiary/aromatic N) is 2.